The normalized spacial score (nSPS) is 13.4. The Morgan fingerprint density at radius 3 is 2.69 bits per heavy atom. The van der Waals surface area contributed by atoms with E-state index < -0.39 is 5.60 Å². The van der Waals surface area contributed by atoms with Crippen LogP contribution in [0.5, 0.6) is 0 Å². The molecule has 1 saturated carbocycles. The van der Waals surface area contributed by atoms with Crippen molar-refractivity contribution in [1.29, 1.82) is 5.26 Å². The van der Waals surface area contributed by atoms with Gasteiger partial charge < -0.3 is 15.7 Å². The van der Waals surface area contributed by atoms with Gasteiger partial charge in [-0.25, -0.2) is 9.50 Å². The van der Waals surface area contributed by atoms with Gasteiger partial charge in [0.1, 0.15) is 6.07 Å². The molecule has 1 aromatic carbocycles. The number of fused-ring (bicyclic) bond motifs is 1. The van der Waals surface area contributed by atoms with Crippen LogP contribution in [-0.4, -0.2) is 48.8 Å². The molecule has 3 heterocycles. The van der Waals surface area contributed by atoms with Crippen LogP contribution in [0.15, 0.2) is 48.9 Å². The number of aromatic nitrogens is 4. The number of hydrogen-bond donors (Lipinski definition) is 3. The minimum atomic E-state index is -0.938. The predicted octanol–water partition coefficient (Wildman–Crippen LogP) is 3.71. The summed E-state index contributed by atoms with van der Waals surface area (Å²) in [4.78, 5) is 21.4. The second kappa shape index (κ2) is 9.06. The van der Waals surface area contributed by atoms with E-state index in [1.807, 2.05) is 31.2 Å². The molecule has 1 amide bonds. The minimum Gasteiger partial charge on any atom is -0.389 e. The zero-order valence-corrected chi connectivity index (χ0v) is 20.4. The van der Waals surface area contributed by atoms with Crippen LogP contribution in [-0.2, 0) is 0 Å². The smallest absolute Gasteiger partial charge is 0.251 e. The highest BCUT2D eigenvalue weighted by Crippen LogP contribution is 2.30. The summed E-state index contributed by atoms with van der Waals surface area (Å²) in [5.41, 5.74) is 5.19. The van der Waals surface area contributed by atoms with Crippen molar-refractivity contribution in [1.82, 2.24) is 24.9 Å². The van der Waals surface area contributed by atoms with E-state index in [2.05, 4.69) is 26.7 Å². The van der Waals surface area contributed by atoms with Gasteiger partial charge >= 0.3 is 0 Å². The van der Waals surface area contributed by atoms with Crippen molar-refractivity contribution < 1.29 is 9.90 Å². The molecule has 0 radical (unpaired) electrons. The number of carbonyl (C=O) groups is 1. The zero-order chi connectivity index (χ0) is 25.4. The number of aliphatic hydroxyl groups is 1. The van der Waals surface area contributed by atoms with Crippen molar-refractivity contribution in [3.63, 3.8) is 0 Å². The fourth-order valence-corrected chi connectivity index (χ4v) is 3.96. The Balaban J connectivity index is 1.60. The van der Waals surface area contributed by atoms with Gasteiger partial charge in [-0.15, -0.1) is 0 Å². The summed E-state index contributed by atoms with van der Waals surface area (Å²) in [5.74, 6) is -0.0527. The fourth-order valence-electron chi connectivity index (χ4n) is 3.96. The monoisotopic (exact) mass is 481 g/mol. The number of aryl methyl sites for hydroxylation is 1. The van der Waals surface area contributed by atoms with Crippen molar-refractivity contribution in [3.05, 3.63) is 65.6 Å². The first-order valence-electron chi connectivity index (χ1n) is 11.8. The number of amides is 1. The Hall–Kier alpha value is -4.29. The van der Waals surface area contributed by atoms with E-state index in [1.165, 1.54) is 6.20 Å². The number of carbonyl (C=O) groups excluding carboxylic acids is 1. The largest absolute Gasteiger partial charge is 0.389 e. The first kappa shape index (κ1) is 23.5. The molecule has 0 saturated heterocycles. The van der Waals surface area contributed by atoms with E-state index in [1.54, 1.807) is 36.8 Å². The Labute approximate surface area is 208 Å². The highest BCUT2D eigenvalue weighted by Gasteiger charge is 2.25. The lowest BCUT2D eigenvalue weighted by atomic mass is 10.0. The quantitative estimate of drug-likeness (QED) is 0.367. The summed E-state index contributed by atoms with van der Waals surface area (Å²) < 4.78 is 1.74. The van der Waals surface area contributed by atoms with E-state index in [4.69, 9.17) is 5.10 Å². The van der Waals surface area contributed by atoms with E-state index in [9.17, 15) is 15.2 Å². The SMILES string of the molecule is Cc1cc(-c2cnc3c(NCC(C)(C)O)cc(-c4cncc(C#N)c4)nn23)ccc1C(=O)NC1CC1. The van der Waals surface area contributed by atoms with Gasteiger partial charge in [0.05, 0.1) is 34.4 Å². The number of benzene rings is 1. The maximum atomic E-state index is 12.6. The molecule has 0 bridgehead atoms. The van der Waals surface area contributed by atoms with Crippen molar-refractivity contribution in [2.45, 2.75) is 45.3 Å². The van der Waals surface area contributed by atoms with Gasteiger partial charge in [0.2, 0.25) is 0 Å². The van der Waals surface area contributed by atoms with Crippen LogP contribution < -0.4 is 10.6 Å². The maximum Gasteiger partial charge on any atom is 0.251 e. The number of nitrogens with zero attached hydrogens (tertiary/aromatic N) is 5. The molecule has 0 unspecified atom stereocenters. The van der Waals surface area contributed by atoms with Gasteiger partial charge in [0, 0.05) is 41.7 Å². The molecular weight excluding hydrogens is 454 g/mol. The highest BCUT2D eigenvalue weighted by atomic mass is 16.3. The molecule has 9 nitrogen and oxygen atoms in total. The first-order chi connectivity index (χ1) is 17.2. The molecule has 1 fully saturated rings. The minimum absolute atomic E-state index is 0.0527. The number of nitriles is 1. The van der Waals surface area contributed by atoms with Gasteiger partial charge in [0.15, 0.2) is 5.65 Å². The maximum absolute atomic E-state index is 12.6. The van der Waals surface area contributed by atoms with Crippen LogP contribution in [0.2, 0.25) is 0 Å². The Morgan fingerprint density at radius 2 is 2.00 bits per heavy atom. The molecule has 3 N–H and O–H groups in total. The van der Waals surface area contributed by atoms with Crippen LogP contribution in [0.4, 0.5) is 5.69 Å². The molecule has 1 aliphatic carbocycles. The third-order valence-electron chi connectivity index (χ3n) is 6.02. The second-order valence-corrected chi connectivity index (χ2v) is 9.84. The number of imidazole rings is 1. The molecule has 5 rings (SSSR count). The third-order valence-corrected chi connectivity index (χ3v) is 6.02. The van der Waals surface area contributed by atoms with E-state index in [0.717, 1.165) is 29.7 Å². The van der Waals surface area contributed by atoms with Crippen molar-refractivity contribution in [3.8, 4) is 28.6 Å². The molecule has 4 aromatic rings. The van der Waals surface area contributed by atoms with E-state index in [0.29, 0.717) is 46.3 Å². The average Bonchev–Trinajstić information content (AvgIpc) is 3.56. The Bertz CT molecular complexity index is 1510. The predicted molar refractivity (Wildman–Crippen MR) is 136 cm³/mol. The van der Waals surface area contributed by atoms with Crippen LogP contribution >= 0.6 is 0 Å². The molecule has 1 aliphatic rings. The van der Waals surface area contributed by atoms with Crippen LogP contribution in [0, 0.1) is 18.3 Å². The topological polar surface area (TPSA) is 128 Å². The molecule has 0 atom stereocenters. The Kier molecular flexibility index (Phi) is 5.90. The van der Waals surface area contributed by atoms with E-state index in [-0.39, 0.29) is 5.91 Å². The lowest BCUT2D eigenvalue weighted by molar-refractivity contribution is 0.0940. The summed E-state index contributed by atoms with van der Waals surface area (Å²) in [6.07, 6.45) is 6.97. The van der Waals surface area contributed by atoms with Gasteiger partial charge in [-0.05, 0) is 63.4 Å². The van der Waals surface area contributed by atoms with Gasteiger partial charge in [-0.1, -0.05) is 6.07 Å². The summed E-state index contributed by atoms with van der Waals surface area (Å²) in [6, 6.07) is 11.7. The van der Waals surface area contributed by atoms with Crippen molar-refractivity contribution >= 4 is 17.2 Å². The highest BCUT2D eigenvalue weighted by molar-refractivity contribution is 5.96. The standard InChI is InChI=1S/C27H27N7O2/c1-16-8-18(4-7-21(16)26(35)32-20-5-6-20)24-14-30-25-23(31-15-27(2,3)36)10-22(33-34(24)25)19-9-17(11-28)12-29-13-19/h4,7-10,12-14,20,31,36H,5-6,15H2,1-3H3,(H,32,35). The van der Waals surface area contributed by atoms with E-state index >= 15 is 0 Å². The summed E-state index contributed by atoms with van der Waals surface area (Å²) in [7, 11) is 0. The molecule has 0 spiro atoms. The fraction of sp³-hybridized carbons (Fsp3) is 0.296. The number of pyridine rings is 1. The molecule has 182 valence electrons. The summed E-state index contributed by atoms with van der Waals surface area (Å²) in [5, 5.41) is 30.7. The van der Waals surface area contributed by atoms with Gasteiger partial charge in [-0.3, -0.25) is 9.78 Å². The Morgan fingerprint density at radius 1 is 1.19 bits per heavy atom. The second-order valence-electron chi connectivity index (χ2n) is 9.84. The van der Waals surface area contributed by atoms with Crippen LogP contribution in [0.25, 0.3) is 28.2 Å². The molecule has 36 heavy (non-hydrogen) atoms. The molecule has 9 heteroatoms. The van der Waals surface area contributed by atoms with Gasteiger partial charge in [-0.2, -0.15) is 10.4 Å². The molecule has 3 aromatic heterocycles. The lowest BCUT2D eigenvalue weighted by Gasteiger charge is -2.19. The first-order valence-corrected chi connectivity index (χ1v) is 11.8. The molecule has 0 aliphatic heterocycles. The van der Waals surface area contributed by atoms with Crippen molar-refractivity contribution in [2.24, 2.45) is 0 Å². The number of nitrogens with one attached hydrogen (secondary N) is 2. The average molecular weight is 482 g/mol. The van der Waals surface area contributed by atoms with Gasteiger partial charge in [0.25, 0.3) is 5.91 Å². The number of rotatable bonds is 7. The molecular formula is C27H27N7O2. The number of anilines is 1. The summed E-state index contributed by atoms with van der Waals surface area (Å²) >= 11 is 0. The summed E-state index contributed by atoms with van der Waals surface area (Å²) in [6.45, 7) is 5.66. The zero-order valence-electron chi connectivity index (χ0n) is 20.4. The number of hydrogen-bond acceptors (Lipinski definition) is 7. The lowest BCUT2D eigenvalue weighted by Crippen LogP contribution is -2.29. The van der Waals surface area contributed by atoms with Crippen molar-refractivity contribution in [2.75, 3.05) is 11.9 Å². The third kappa shape index (κ3) is 4.90. The van der Waals surface area contributed by atoms with Crippen LogP contribution in [0.3, 0.4) is 0 Å². The van der Waals surface area contributed by atoms with Crippen LogP contribution in [0.1, 0.15) is 48.2 Å².